The van der Waals surface area contributed by atoms with Crippen molar-refractivity contribution in [2.45, 2.75) is 37.9 Å². The van der Waals surface area contributed by atoms with Crippen molar-refractivity contribution in [3.63, 3.8) is 0 Å². The van der Waals surface area contributed by atoms with Crippen LogP contribution in [0.4, 0.5) is 19.4 Å². The molecule has 0 unspecified atom stereocenters. The van der Waals surface area contributed by atoms with Gasteiger partial charge in [-0.05, 0) is 62.7 Å². The van der Waals surface area contributed by atoms with E-state index in [1.165, 1.54) is 6.07 Å². The van der Waals surface area contributed by atoms with E-state index in [-0.39, 0.29) is 18.1 Å². The summed E-state index contributed by atoms with van der Waals surface area (Å²) in [7, 11) is 5.41. The largest absolute Gasteiger partial charge is 0.385 e. The molecule has 0 saturated carbocycles. The SMILES string of the molecule is COCC[C@@H]1C[C@@H](NC(=O)Nc2c(C)c(-c3cnc4c(cnn4C)c3)nn2-c2ccccc2)[C@H](c2ccc(F)c(F)c2)N1C. The fraction of sp³-hybridized carbons (Fsp3) is 0.312. The molecular formula is C32H34F2N8O2. The van der Waals surface area contributed by atoms with Crippen LogP contribution >= 0.6 is 0 Å². The Morgan fingerprint density at radius 3 is 2.61 bits per heavy atom. The Morgan fingerprint density at radius 1 is 1.07 bits per heavy atom. The molecule has 12 heteroatoms. The van der Waals surface area contributed by atoms with Crippen molar-refractivity contribution in [3.8, 4) is 16.9 Å². The third-order valence-electron chi connectivity index (χ3n) is 8.38. The molecule has 0 spiro atoms. The number of benzene rings is 2. The molecule has 2 amide bonds. The molecular weight excluding hydrogens is 566 g/mol. The molecule has 3 aromatic heterocycles. The van der Waals surface area contributed by atoms with E-state index < -0.39 is 17.7 Å². The second kappa shape index (κ2) is 12.1. The second-order valence-corrected chi connectivity index (χ2v) is 11.1. The number of aryl methyl sites for hydroxylation is 1. The van der Waals surface area contributed by atoms with Gasteiger partial charge in [-0.15, -0.1) is 0 Å². The molecule has 6 rings (SSSR count). The second-order valence-electron chi connectivity index (χ2n) is 11.1. The van der Waals surface area contributed by atoms with Crippen LogP contribution in [0.5, 0.6) is 0 Å². The molecule has 4 heterocycles. The number of carbonyl (C=O) groups excluding carboxylic acids is 1. The summed E-state index contributed by atoms with van der Waals surface area (Å²) < 4.78 is 36.8. The molecule has 5 aromatic rings. The third kappa shape index (κ3) is 5.53. The zero-order chi connectivity index (χ0) is 31.0. The zero-order valence-electron chi connectivity index (χ0n) is 25.0. The number of aromatic nitrogens is 5. The maximum Gasteiger partial charge on any atom is 0.320 e. The summed E-state index contributed by atoms with van der Waals surface area (Å²) in [6, 6.07) is 14.3. The molecule has 1 aliphatic rings. The number of carbonyl (C=O) groups is 1. The van der Waals surface area contributed by atoms with Gasteiger partial charge in [-0.1, -0.05) is 24.3 Å². The van der Waals surface area contributed by atoms with Crippen LogP contribution in [0.3, 0.4) is 0 Å². The number of hydrogen-bond donors (Lipinski definition) is 2. The Hall–Kier alpha value is -4.68. The van der Waals surface area contributed by atoms with Crippen molar-refractivity contribution >= 4 is 22.9 Å². The van der Waals surface area contributed by atoms with Crippen LogP contribution in [-0.4, -0.2) is 68.3 Å². The number of nitrogens with one attached hydrogen (secondary N) is 2. The molecule has 1 aliphatic heterocycles. The van der Waals surface area contributed by atoms with Crippen LogP contribution in [0.1, 0.15) is 30.0 Å². The molecule has 228 valence electrons. The Labute approximate surface area is 253 Å². The molecule has 2 N–H and O–H groups in total. The van der Waals surface area contributed by atoms with Crippen molar-refractivity contribution in [1.82, 2.24) is 34.8 Å². The average Bonchev–Trinajstić information content (AvgIpc) is 3.66. The predicted octanol–water partition coefficient (Wildman–Crippen LogP) is 5.38. The number of fused-ring (bicyclic) bond motifs is 1. The van der Waals surface area contributed by atoms with E-state index in [0.717, 1.165) is 40.3 Å². The number of ether oxygens (including phenoxy) is 1. The number of likely N-dealkylation sites (N-methyl/N-ethyl adjacent to an activating group) is 1. The van der Waals surface area contributed by atoms with Gasteiger partial charge < -0.3 is 10.1 Å². The van der Waals surface area contributed by atoms with E-state index >= 15 is 0 Å². The molecule has 10 nitrogen and oxygen atoms in total. The number of pyridine rings is 1. The lowest BCUT2D eigenvalue weighted by atomic mass is 9.99. The standard InChI is InChI=1S/C32H34F2N8O2/c1-19-28(21-14-22-18-36-41(3)31(22)35-17-21)39-42(23-8-6-5-7-9-23)30(19)38-32(43)37-27-16-24(12-13-44-4)40(2)29(27)20-10-11-25(33)26(34)15-20/h5-11,14-15,17-18,24,27,29H,12-13,16H2,1-4H3,(H2,37,38,43)/t24-,27-,29+/m1/s1. The number of para-hydroxylation sites is 1. The summed E-state index contributed by atoms with van der Waals surface area (Å²) in [5.41, 5.74) is 4.33. The predicted molar refractivity (Wildman–Crippen MR) is 164 cm³/mol. The van der Waals surface area contributed by atoms with Gasteiger partial charge >= 0.3 is 6.03 Å². The minimum absolute atomic E-state index is 0.0662. The molecule has 1 saturated heterocycles. The molecule has 0 aliphatic carbocycles. The Bertz CT molecular complexity index is 1810. The zero-order valence-corrected chi connectivity index (χ0v) is 25.0. The van der Waals surface area contributed by atoms with E-state index in [2.05, 4.69) is 25.6 Å². The first-order valence-electron chi connectivity index (χ1n) is 14.4. The molecule has 0 bridgehead atoms. The number of anilines is 1. The fourth-order valence-electron chi connectivity index (χ4n) is 6.13. The van der Waals surface area contributed by atoms with Gasteiger partial charge in [0, 0.05) is 49.5 Å². The maximum absolute atomic E-state index is 14.3. The van der Waals surface area contributed by atoms with Gasteiger partial charge in [0.25, 0.3) is 0 Å². The van der Waals surface area contributed by atoms with E-state index in [9.17, 15) is 13.6 Å². The lowest BCUT2D eigenvalue weighted by molar-refractivity contribution is 0.150. The number of rotatable bonds is 8. The highest BCUT2D eigenvalue weighted by Gasteiger charge is 2.41. The highest BCUT2D eigenvalue weighted by molar-refractivity contribution is 5.91. The fourth-order valence-corrected chi connectivity index (χ4v) is 6.13. The minimum Gasteiger partial charge on any atom is -0.385 e. The Morgan fingerprint density at radius 2 is 1.86 bits per heavy atom. The third-order valence-corrected chi connectivity index (χ3v) is 8.38. The molecule has 2 aromatic carbocycles. The number of nitrogens with zero attached hydrogens (tertiary/aromatic N) is 6. The first kappa shape index (κ1) is 29.4. The van der Waals surface area contributed by atoms with Gasteiger partial charge in [0.2, 0.25) is 0 Å². The Kier molecular flexibility index (Phi) is 8.11. The van der Waals surface area contributed by atoms with Gasteiger partial charge in [-0.3, -0.25) is 14.9 Å². The summed E-state index contributed by atoms with van der Waals surface area (Å²) in [4.78, 5) is 20.4. The summed E-state index contributed by atoms with van der Waals surface area (Å²) >= 11 is 0. The number of urea groups is 1. The van der Waals surface area contributed by atoms with Crippen molar-refractivity contribution in [1.29, 1.82) is 0 Å². The van der Waals surface area contributed by atoms with Crippen LogP contribution in [-0.2, 0) is 11.8 Å². The maximum atomic E-state index is 14.3. The minimum atomic E-state index is -0.923. The van der Waals surface area contributed by atoms with Gasteiger partial charge in [0.15, 0.2) is 17.3 Å². The number of likely N-dealkylation sites (tertiary alicyclic amines) is 1. The van der Waals surface area contributed by atoms with E-state index in [4.69, 9.17) is 9.84 Å². The summed E-state index contributed by atoms with van der Waals surface area (Å²) in [6.07, 6.45) is 4.84. The van der Waals surface area contributed by atoms with Gasteiger partial charge in [-0.25, -0.2) is 23.2 Å². The monoisotopic (exact) mass is 600 g/mol. The highest BCUT2D eigenvalue weighted by Crippen LogP contribution is 2.37. The van der Waals surface area contributed by atoms with E-state index in [1.807, 2.05) is 57.4 Å². The number of methoxy groups -OCH3 is 1. The van der Waals surface area contributed by atoms with Crippen LogP contribution in [0, 0.1) is 18.6 Å². The topological polar surface area (TPSA) is 102 Å². The lowest BCUT2D eigenvalue weighted by Crippen LogP contribution is -2.41. The van der Waals surface area contributed by atoms with Crippen LogP contribution < -0.4 is 10.6 Å². The molecule has 3 atom stereocenters. The number of hydrogen-bond acceptors (Lipinski definition) is 6. The van der Waals surface area contributed by atoms with Crippen molar-refractivity contribution in [2.24, 2.45) is 7.05 Å². The first-order chi connectivity index (χ1) is 21.2. The van der Waals surface area contributed by atoms with Crippen molar-refractivity contribution in [2.75, 3.05) is 26.1 Å². The van der Waals surface area contributed by atoms with Gasteiger partial charge in [0.05, 0.1) is 29.7 Å². The van der Waals surface area contributed by atoms with Crippen LogP contribution in [0.25, 0.3) is 28.0 Å². The summed E-state index contributed by atoms with van der Waals surface area (Å²) in [6.45, 7) is 2.44. The normalized spacial score (nSPS) is 18.6. The number of halogens is 2. The van der Waals surface area contributed by atoms with E-state index in [1.54, 1.807) is 34.9 Å². The smallest absolute Gasteiger partial charge is 0.320 e. The molecule has 1 fully saturated rings. The van der Waals surface area contributed by atoms with Crippen molar-refractivity contribution in [3.05, 3.63) is 89.8 Å². The molecule has 0 radical (unpaired) electrons. The summed E-state index contributed by atoms with van der Waals surface area (Å²) in [5, 5.41) is 16.2. The summed E-state index contributed by atoms with van der Waals surface area (Å²) in [5.74, 6) is -1.33. The van der Waals surface area contributed by atoms with Crippen molar-refractivity contribution < 1.29 is 18.3 Å². The average molecular weight is 601 g/mol. The van der Waals surface area contributed by atoms with Gasteiger partial charge in [0.1, 0.15) is 5.82 Å². The van der Waals surface area contributed by atoms with E-state index in [0.29, 0.717) is 30.1 Å². The Balaban J connectivity index is 1.32. The van der Waals surface area contributed by atoms with Gasteiger partial charge in [-0.2, -0.15) is 10.2 Å². The van der Waals surface area contributed by atoms with Crippen LogP contribution in [0.15, 0.2) is 67.0 Å². The molecule has 44 heavy (non-hydrogen) atoms. The number of amides is 2. The lowest BCUT2D eigenvalue weighted by Gasteiger charge is -2.28. The quantitative estimate of drug-likeness (QED) is 0.248. The highest BCUT2D eigenvalue weighted by atomic mass is 19.2. The first-order valence-corrected chi connectivity index (χ1v) is 14.4. The van der Waals surface area contributed by atoms with Crippen LogP contribution in [0.2, 0.25) is 0 Å².